The van der Waals surface area contributed by atoms with E-state index in [9.17, 15) is 18.9 Å². The number of hydrogen-bond acceptors (Lipinski definition) is 10. The molecule has 0 bridgehead atoms. The monoisotopic (exact) mass is 499 g/mol. The van der Waals surface area contributed by atoms with E-state index in [-0.39, 0.29) is 28.8 Å². The molecule has 2 heterocycles. The predicted octanol–water partition coefficient (Wildman–Crippen LogP) is 4.54. The number of likely N-dealkylation sites (N-methyl/N-ethyl adjacent to an activating group) is 2. The fourth-order valence-corrected chi connectivity index (χ4v) is 3.51. The number of para-hydroxylation sites is 1. The number of nitrogens with zero attached hydrogens (tertiary/aromatic N) is 6. The van der Waals surface area contributed by atoms with Crippen LogP contribution in [0.1, 0.15) is 0 Å². The van der Waals surface area contributed by atoms with Crippen molar-refractivity contribution in [2.24, 2.45) is 0 Å². The first-order valence-electron chi connectivity index (χ1n) is 10.8. The second-order valence-corrected chi connectivity index (χ2v) is 8.12. The molecule has 2 aromatic carbocycles. The van der Waals surface area contributed by atoms with Gasteiger partial charge < -0.3 is 24.4 Å². The van der Waals surface area contributed by atoms with Crippen molar-refractivity contribution in [1.82, 2.24) is 20.0 Å². The van der Waals surface area contributed by atoms with Crippen molar-refractivity contribution in [2.75, 3.05) is 44.4 Å². The summed E-state index contributed by atoms with van der Waals surface area (Å²) in [4.78, 5) is 23.3. The van der Waals surface area contributed by atoms with Gasteiger partial charge in [0.05, 0.1) is 21.7 Å². The molecule has 0 aliphatic carbocycles. The summed E-state index contributed by atoms with van der Waals surface area (Å²) in [6.07, 6.45) is 1.44. The third-order valence-corrected chi connectivity index (χ3v) is 5.31. The van der Waals surface area contributed by atoms with Crippen LogP contribution >= 0.6 is 0 Å². The molecule has 0 aliphatic heterocycles. The second kappa shape index (κ2) is 10.5. The minimum atomic E-state index is -3.15. The van der Waals surface area contributed by atoms with E-state index >= 15 is 0 Å². The van der Waals surface area contributed by atoms with Gasteiger partial charge in [-0.3, -0.25) is 10.1 Å². The average molecular weight is 499 g/mol. The van der Waals surface area contributed by atoms with Crippen LogP contribution in [0.5, 0.6) is 5.75 Å². The Balaban J connectivity index is 1.72. The van der Waals surface area contributed by atoms with Crippen LogP contribution in [0, 0.1) is 10.1 Å². The molecule has 1 N–H and O–H groups in total. The van der Waals surface area contributed by atoms with Gasteiger partial charge in [-0.05, 0) is 32.3 Å². The number of ether oxygens (including phenoxy) is 1. The molecule has 4 rings (SSSR count). The minimum Gasteiger partial charge on any atom is -0.433 e. The van der Waals surface area contributed by atoms with Gasteiger partial charge in [0.1, 0.15) is 11.4 Å². The highest BCUT2D eigenvalue weighted by molar-refractivity contribution is 5.90. The average Bonchev–Trinajstić information content (AvgIpc) is 3.27. The van der Waals surface area contributed by atoms with Gasteiger partial charge in [-0.25, -0.2) is 9.97 Å². The van der Waals surface area contributed by atoms with Crippen molar-refractivity contribution in [3.63, 3.8) is 0 Å². The van der Waals surface area contributed by atoms with E-state index < -0.39 is 11.5 Å². The Morgan fingerprint density at radius 2 is 1.94 bits per heavy atom. The topological polar surface area (TPSA) is 123 Å². The molecule has 2 aromatic heterocycles. The van der Waals surface area contributed by atoms with Crippen LogP contribution in [0.3, 0.4) is 0 Å². The Labute approximate surface area is 204 Å². The number of nitrogens with one attached hydrogen (secondary N) is 1. The van der Waals surface area contributed by atoms with E-state index in [4.69, 9.17) is 9.26 Å². The summed E-state index contributed by atoms with van der Waals surface area (Å²) in [7, 11) is 5.35. The van der Waals surface area contributed by atoms with Gasteiger partial charge in [0, 0.05) is 38.5 Å². The summed E-state index contributed by atoms with van der Waals surface area (Å²) < 4.78 is 36.5. The summed E-state index contributed by atoms with van der Waals surface area (Å²) in [6, 6.07) is 11.2. The van der Waals surface area contributed by atoms with Gasteiger partial charge in [0.15, 0.2) is 11.3 Å². The van der Waals surface area contributed by atoms with Gasteiger partial charge in [-0.1, -0.05) is 17.3 Å². The number of rotatable bonds is 10. The number of fused-ring (bicyclic) bond motifs is 1. The first kappa shape index (κ1) is 24.7. The predicted molar refractivity (Wildman–Crippen MR) is 130 cm³/mol. The van der Waals surface area contributed by atoms with Crippen LogP contribution in [0.2, 0.25) is 0 Å². The van der Waals surface area contributed by atoms with Gasteiger partial charge in [0.25, 0.3) is 5.69 Å². The maximum absolute atomic E-state index is 13.2. The number of nitro groups is 1. The maximum atomic E-state index is 13.2. The Hall–Kier alpha value is -4.39. The van der Waals surface area contributed by atoms with Crippen LogP contribution in [0.15, 0.2) is 53.2 Å². The van der Waals surface area contributed by atoms with Crippen LogP contribution in [-0.2, 0) is 0 Å². The zero-order valence-electron chi connectivity index (χ0n) is 19.7. The quantitative estimate of drug-likeness (QED) is 0.246. The number of anilines is 3. The lowest BCUT2D eigenvalue weighted by Crippen LogP contribution is -2.29. The Bertz CT molecular complexity index is 1380. The summed E-state index contributed by atoms with van der Waals surface area (Å²) >= 11 is 0. The van der Waals surface area contributed by atoms with Gasteiger partial charge in [0.2, 0.25) is 5.95 Å². The molecule has 0 atom stereocenters. The number of alkyl halides is 2. The molecular weight excluding hydrogens is 476 g/mol. The molecule has 0 saturated carbocycles. The molecule has 0 radical (unpaired) electrons. The highest BCUT2D eigenvalue weighted by Crippen LogP contribution is 2.40. The maximum Gasteiger partial charge on any atom is 0.387 e. The highest BCUT2D eigenvalue weighted by Gasteiger charge is 2.24. The molecule has 11 nitrogen and oxygen atoms in total. The lowest BCUT2D eigenvalue weighted by molar-refractivity contribution is -0.384. The van der Waals surface area contributed by atoms with E-state index in [0.29, 0.717) is 30.1 Å². The zero-order chi connectivity index (χ0) is 25.8. The molecule has 0 unspecified atom stereocenters. The van der Waals surface area contributed by atoms with E-state index in [1.54, 1.807) is 24.1 Å². The van der Waals surface area contributed by atoms with Gasteiger partial charge >= 0.3 is 6.61 Å². The van der Waals surface area contributed by atoms with Gasteiger partial charge in [-0.2, -0.15) is 8.78 Å². The number of aromatic nitrogens is 3. The second-order valence-electron chi connectivity index (χ2n) is 8.12. The summed E-state index contributed by atoms with van der Waals surface area (Å²) in [6.45, 7) is -2.14. The van der Waals surface area contributed by atoms with Crippen LogP contribution in [0.25, 0.3) is 22.4 Å². The number of hydrogen-bond donors (Lipinski definition) is 1. The summed E-state index contributed by atoms with van der Waals surface area (Å²) in [5.41, 5.74) is 1.19. The van der Waals surface area contributed by atoms with E-state index in [1.165, 1.54) is 12.3 Å². The van der Waals surface area contributed by atoms with Crippen LogP contribution < -0.4 is 15.0 Å². The third kappa shape index (κ3) is 5.46. The molecule has 36 heavy (non-hydrogen) atoms. The SMILES string of the molecule is CN(C)CCN(C)c1cc(OC(F)F)c(Nc2nccc(-c3noc4ccccc34)n2)cc1[N+](=O)[O-]. The fraction of sp³-hybridized carbons (Fsp3) is 0.261. The molecule has 0 aliphatic rings. The summed E-state index contributed by atoms with van der Waals surface area (Å²) in [5.74, 6) is -0.287. The number of benzene rings is 2. The lowest BCUT2D eigenvalue weighted by atomic mass is 10.2. The number of nitro benzene ring substituents is 1. The normalized spacial score (nSPS) is 11.3. The van der Waals surface area contributed by atoms with Crippen molar-refractivity contribution >= 4 is 34.0 Å². The van der Waals surface area contributed by atoms with E-state index in [0.717, 1.165) is 11.5 Å². The molecule has 0 amide bonds. The molecule has 13 heteroatoms. The third-order valence-electron chi connectivity index (χ3n) is 5.31. The number of halogens is 2. The standard InChI is InChI=1S/C23H23F2N7O4/c1-30(2)10-11-31(3)17-13-20(35-22(24)25)16(12-18(17)32(33)34)28-23-26-9-8-15(27-23)21-14-6-4-5-7-19(14)36-29-21/h4-9,12-13,22H,10-11H2,1-3H3,(H,26,27,28). The van der Waals surface area contributed by atoms with Crippen LogP contribution in [0.4, 0.5) is 31.8 Å². The molecule has 188 valence electrons. The van der Waals surface area contributed by atoms with E-state index in [1.807, 2.05) is 37.2 Å². The minimum absolute atomic E-state index is 0.00158. The van der Waals surface area contributed by atoms with Crippen molar-refractivity contribution < 1.29 is 23.0 Å². The molecule has 0 saturated heterocycles. The fourth-order valence-electron chi connectivity index (χ4n) is 3.51. The summed E-state index contributed by atoms with van der Waals surface area (Å²) in [5, 5.41) is 19.4. The van der Waals surface area contributed by atoms with Crippen LogP contribution in [-0.4, -0.2) is 65.8 Å². The Morgan fingerprint density at radius 1 is 1.17 bits per heavy atom. The molecule has 4 aromatic rings. The highest BCUT2D eigenvalue weighted by atomic mass is 19.3. The van der Waals surface area contributed by atoms with Crippen molar-refractivity contribution in [3.8, 4) is 17.1 Å². The molecule has 0 spiro atoms. The van der Waals surface area contributed by atoms with Crippen molar-refractivity contribution in [1.29, 1.82) is 0 Å². The molecular formula is C23H23F2N7O4. The Morgan fingerprint density at radius 3 is 2.67 bits per heavy atom. The smallest absolute Gasteiger partial charge is 0.387 e. The van der Waals surface area contributed by atoms with E-state index in [2.05, 4.69) is 20.4 Å². The van der Waals surface area contributed by atoms with Crippen molar-refractivity contribution in [2.45, 2.75) is 6.61 Å². The largest absolute Gasteiger partial charge is 0.433 e. The molecule has 0 fully saturated rings. The Kier molecular flexibility index (Phi) is 7.20. The van der Waals surface area contributed by atoms with Crippen molar-refractivity contribution in [3.05, 3.63) is 58.8 Å². The zero-order valence-corrected chi connectivity index (χ0v) is 19.7. The van der Waals surface area contributed by atoms with Gasteiger partial charge in [-0.15, -0.1) is 0 Å². The lowest BCUT2D eigenvalue weighted by Gasteiger charge is -2.23. The first-order chi connectivity index (χ1) is 17.2. The first-order valence-corrected chi connectivity index (χ1v) is 10.8.